The Labute approximate surface area is 168 Å². The molecule has 1 amide bonds. The van der Waals surface area contributed by atoms with Gasteiger partial charge in [-0.05, 0) is 42.7 Å². The van der Waals surface area contributed by atoms with E-state index in [0.29, 0.717) is 24.8 Å². The number of carbonyl (C=O) groups is 1. The number of rotatable bonds is 5. The first-order valence-corrected chi connectivity index (χ1v) is 9.64. The number of amides is 1. The minimum absolute atomic E-state index is 0.200. The van der Waals surface area contributed by atoms with Gasteiger partial charge >= 0.3 is 0 Å². The Morgan fingerprint density at radius 3 is 2.68 bits per heavy atom. The molecule has 4 rings (SSSR count). The fourth-order valence-corrected chi connectivity index (χ4v) is 3.75. The van der Waals surface area contributed by atoms with Crippen LogP contribution in [0.15, 0.2) is 60.8 Å². The van der Waals surface area contributed by atoms with E-state index in [2.05, 4.69) is 21.7 Å². The van der Waals surface area contributed by atoms with E-state index in [4.69, 9.17) is 16.3 Å². The summed E-state index contributed by atoms with van der Waals surface area (Å²) in [5.74, 6) is -0.241. The van der Waals surface area contributed by atoms with Gasteiger partial charge in [0.05, 0.1) is 11.9 Å². The van der Waals surface area contributed by atoms with Gasteiger partial charge in [-0.1, -0.05) is 47.1 Å². The molecule has 1 saturated heterocycles. The zero-order valence-corrected chi connectivity index (χ0v) is 16.1. The molecule has 2 aromatic carbocycles. The number of aromatic nitrogens is 3. The third-order valence-electron chi connectivity index (χ3n) is 5.22. The maximum Gasteiger partial charge on any atom is 0.273 e. The van der Waals surface area contributed by atoms with Crippen LogP contribution in [-0.2, 0) is 10.2 Å². The second-order valence-electron chi connectivity index (χ2n) is 6.97. The van der Waals surface area contributed by atoms with Crippen LogP contribution in [0.1, 0.15) is 28.9 Å². The van der Waals surface area contributed by atoms with Crippen molar-refractivity contribution in [3.05, 3.63) is 77.1 Å². The van der Waals surface area contributed by atoms with Crippen LogP contribution in [0.4, 0.5) is 0 Å². The number of carbonyl (C=O) groups excluding carboxylic acids is 1. The molecule has 144 valence electrons. The van der Waals surface area contributed by atoms with Gasteiger partial charge in [0.1, 0.15) is 0 Å². The average Bonchev–Trinajstić information content (AvgIpc) is 3.24. The lowest BCUT2D eigenvalue weighted by molar-refractivity contribution is 0.0486. The predicted octanol–water partition coefficient (Wildman–Crippen LogP) is 3.40. The molecule has 2 heterocycles. The van der Waals surface area contributed by atoms with Crippen LogP contribution in [0.3, 0.4) is 0 Å². The number of hydrogen-bond donors (Lipinski definition) is 1. The van der Waals surface area contributed by atoms with Gasteiger partial charge in [-0.25, -0.2) is 4.68 Å². The summed E-state index contributed by atoms with van der Waals surface area (Å²) in [6, 6.07) is 17.4. The third-order valence-corrected chi connectivity index (χ3v) is 5.46. The number of nitrogens with zero attached hydrogens (tertiary/aromatic N) is 3. The van der Waals surface area contributed by atoms with Crippen LogP contribution in [0.2, 0.25) is 5.02 Å². The van der Waals surface area contributed by atoms with Crippen molar-refractivity contribution in [2.24, 2.45) is 0 Å². The number of para-hydroxylation sites is 1. The molecule has 7 heteroatoms. The molecule has 0 radical (unpaired) electrons. The van der Waals surface area contributed by atoms with Crippen molar-refractivity contribution in [2.45, 2.75) is 18.3 Å². The smallest absolute Gasteiger partial charge is 0.273 e. The lowest BCUT2D eigenvalue weighted by Gasteiger charge is -2.38. The fourth-order valence-electron chi connectivity index (χ4n) is 3.56. The van der Waals surface area contributed by atoms with Crippen LogP contribution in [0.5, 0.6) is 0 Å². The van der Waals surface area contributed by atoms with Gasteiger partial charge in [-0.2, -0.15) is 0 Å². The molecule has 0 saturated carbocycles. The van der Waals surface area contributed by atoms with Crippen LogP contribution in [-0.4, -0.2) is 40.7 Å². The van der Waals surface area contributed by atoms with Crippen molar-refractivity contribution in [1.29, 1.82) is 0 Å². The Morgan fingerprint density at radius 1 is 1.14 bits per heavy atom. The highest BCUT2D eigenvalue weighted by Crippen LogP contribution is 2.35. The molecular weight excluding hydrogens is 376 g/mol. The molecule has 1 aliphatic rings. The van der Waals surface area contributed by atoms with Crippen molar-refractivity contribution < 1.29 is 9.53 Å². The van der Waals surface area contributed by atoms with E-state index in [0.717, 1.165) is 24.1 Å². The van der Waals surface area contributed by atoms with Crippen LogP contribution >= 0.6 is 11.6 Å². The zero-order valence-electron chi connectivity index (χ0n) is 15.3. The number of halogens is 1. The van der Waals surface area contributed by atoms with Gasteiger partial charge in [-0.15, -0.1) is 5.10 Å². The molecular formula is C21H21ClN4O2. The quantitative estimate of drug-likeness (QED) is 0.717. The molecule has 1 fully saturated rings. The lowest BCUT2D eigenvalue weighted by Crippen LogP contribution is -2.44. The largest absolute Gasteiger partial charge is 0.381 e. The second-order valence-corrected chi connectivity index (χ2v) is 7.41. The van der Waals surface area contributed by atoms with Gasteiger partial charge in [0.25, 0.3) is 5.91 Å². The third kappa shape index (κ3) is 3.93. The molecule has 0 aliphatic carbocycles. The van der Waals surface area contributed by atoms with Gasteiger partial charge in [-0.3, -0.25) is 4.79 Å². The molecule has 1 aromatic heterocycles. The maximum absolute atomic E-state index is 12.7. The molecule has 3 aromatic rings. The summed E-state index contributed by atoms with van der Waals surface area (Å²) < 4.78 is 7.14. The topological polar surface area (TPSA) is 69.0 Å². The number of ether oxygens (including phenoxy) is 1. The molecule has 0 bridgehead atoms. The van der Waals surface area contributed by atoms with Crippen LogP contribution in [0, 0.1) is 0 Å². The van der Waals surface area contributed by atoms with E-state index in [1.54, 1.807) is 10.9 Å². The summed E-state index contributed by atoms with van der Waals surface area (Å²) >= 11 is 6.21. The highest BCUT2D eigenvalue weighted by atomic mass is 35.5. The van der Waals surface area contributed by atoms with Gasteiger partial charge in [0, 0.05) is 30.2 Å². The average molecular weight is 397 g/mol. The minimum Gasteiger partial charge on any atom is -0.381 e. The SMILES string of the molecule is O=C(NCC1(c2cccc(Cl)c2)CCOCC1)c1cn(-c2ccccc2)nn1. The summed E-state index contributed by atoms with van der Waals surface area (Å²) in [5, 5.41) is 11.8. The van der Waals surface area contributed by atoms with E-state index < -0.39 is 0 Å². The monoisotopic (exact) mass is 396 g/mol. The summed E-state index contributed by atoms with van der Waals surface area (Å²) in [6.07, 6.45) is 3.29. The first-order valence-electron chi connectivity index (χ1n) is 9.26. The van der Waals surface area contributed by atoms with Crippen molar-refractivity contribution in [3.63, 3.8) is 0 Å². The molecule has 0 atom stereocenters. The first-order chi connectivity index (χ1) is 13.7. The van der Waals surface area contributed by atoms with E-state index in [1.807, 2.05) is 48.5 Å². The summed E-state index contributed by atoms with van der Waals surface area (Å²) in [6.45, 7) is 1.81. The first kappa shape index (κ1) is 18.7. The van der Waals surface area contributed by atoms with Crippen molar-refractivity contribution in [1.82, 2.24) is 20.3 Å². The van der Waals surface area contributed by atoms with E-state index >= 15 is 0 Å². The van der Waals surface area contributed by atoms with E-state index in [9.17, 15) is 4.79 Å². The Morgan fingerprint density at radius 2 is 1.93 bits per heavy atom. The van der Waals surface area contributed by atoms with Gasteiger partial charge < -0.3 is 10.1 Å². The molecule has 1 aliphatic heterocycles. The van der Waals surface area contributed by atoms with E-state index in [1.165, 1.54) is 0 Å². The van der Waals surface area contributed by atoms with Gasteiger partial charge in [0.2, 0.25) is 0 Å². The predicted molar refractivity (Wildman–Crippen MR) is 107 cm³/mol. The normalized spacial score (nSPS) is 15.9. The summed E-state index contributed by atoms with van der Waals surface area (Å²) in [4.78, 5) is 12.7. The van der Waals surface area contributed by atoms with E-state index in [-0.39, 0.29) is 17.0 Å². The van der Waals surface area contributed by atoms with Crippen molar-refractivity contribution in [2.75, 3.05) is 19.8 Å². The van der Waals surface area contributed by atoms with Gasteiger partial charge in [0.15, 0.2) is 5.69 Å². The molecule has 0 unspecified atom stereocenters. The van der Waals surface area contributed by atoms with Crippen molar-refractivity contribution >= 4 is 17.5 Å². The number of hydrogen-bond acceptors (Lipinski definition) is 4. The zero-order chi connectivity index (χ0) is 19.4. The molecule has 0 spiro atoms. The highest BCUT2D eigenvalue weighted by molar-refractivity contribution is 6.30. The Kier molecular flexibility index (Phi) is 5.41. The van der Waals surface area contributed by atoms with Crippen LogP contribution < -0.4 is 5.32 Å². The standard InChI is InChI=1S/C21H21ClN4O2/c22-17-6-4-5-16(13-17)21(9-11-28-12-10-21)15-23-20(27)19-14-26(25-24-19)18-7-2-1-3-8-18/h1-8,13-14H,9-12,15H2,(H,23,27). The Bertz CT molecular complexity index is 952. The van der Waals surface area contributed by atoms with Crippen molar-refractivity contribution in [3.8, 4) is 5.69 Å². The summed E-state index contributed by atoms with van der Waals surface area (Å²) in [7, 11) is 0. The second kappa shape index (κ2) is 8.12. The summed E-state index contributed by atoms with van der Waals surface area (Å²) in [5.41, 5.74) is 2.07. The number of nitrogens with one attached hydrogen (secondary N) is 1. The Hall–Kier alpha value is -2.70. The number of benzene rings is 2. The van der Waals surface area contributed by atoms with Crippen LogP contribution in [0.25, 0.3) is 5.69 Å². The fraction of sp³-hybridized carbons (Fsp3) is 0.286. The Balaban J connectivity index is 1.50. The molecule has 28 heavy (non-hydrogen) atoms. The molecule has 1 N–H and O–H groups in total. The lowest BCUT2D eigenvalue weighted by atomic mass is 9.74. The minimum atomic E-state index is -0.241. The highest BCUT2D eigenvalue weighted by Gasteiger charge is 2.35. The maximum atomic E-state index is 12.7. The molecule has 6 nitrogen and oxygen atoms in total.